The predicted molar refractivity (Wildman–Crippen MR) is 120 cm³/mol. The maximum Gasteiger partial charge on any atom is 0.258 e. The number of halogens is 1. The average Bonchev–Trinajstić information content (AvgIpc) is 3.13. The van der Waals surface area contributed by atoms with Crippen LogP contribution < -0.4 is 10.9 Å². The van der Waals surface area contributed by atoms with E-state index in [1.807, 2.05) is 30.7 Å². The molecule has 1 atom stereocenters. The number of para-hydroxylation sites is 1. The van der Waals surface area contributed by atoms with Crippen LogP contribution in [0.3, 0.4) is 0 Å². The van der Waals surface area contributed by atoms with E-state index < -0.39 is 11.7 Å². The summed E-state index contributed by atoms with van der Waals surface area (Å²) in [5.41, 5.74) is 0.470. The molecule has 2 aromatic carbocycles. The molecule has 32 heavy (non-hydrogen) atoms. The van der Waals surface area contributed by atoms with Crippen molar-refractivity contribution in [3.8, 4) is 0 Å². The number of nitrogens with one attached hydrogen (secondary N) is 2. The lowest BCUT2D eigenvalue weighted by molar-refractivity contribution is 0.0950. The lowest BCUT2D eigenvalue weighted by Gasteiger charge is -2.11. The van der Waals surface area contributed by atoms with Crippen LogP contribution in [0.5, 0.6) is 0 Å². The van der Waals surface area contributed by atoms with Crippen LogP contribution in [0.4, 0.5) is 4.39 Å². The number of thioether (sulfide) groups is 1. The van der Waals surface area contributed by atoms with Gasteiger partial charge in [0.15, 0.2) is 5.16 Å². The molecule has 2 N–H and O–H groups in total. The van der Waals surface area contributed by atoms with Gasteiger partial charge in [-0.2, -0.15) is 0 Å². The van der Waals surface area contributed by atoms with Gasteiger partial charge in [0.1, 0.15) is 17.5 Å². The Balaban J connectivity index is 1.40. The summed E-state index contributed by atoms with van der Waals surface area (Å²) in [7, 11) is 1.83. The fourth-order valence-electron chi connectivity index (χ4n) is 3.20. The number of aromatic amines is 1. The molecule has 4 aromatic rings. The smallest absolute Gasteiger partial charge is 0.258 e. The second-order valence-electron chi connectivity index (χ2n) is 7.17. The highest BCUT2D eigenvalue weighted by Crippen LogP contribution is 2.31. The minimum absolute atomic E-state index is 0.00686. The Morgan fingerprint density at radius 1 is 1.19 bits per heavy atom. The van der Waals surface area contributed by atoms with Gasteiger partial charge in [-0.05, 0) is 31.2 Å². The molecule has 10 heteroatoms. The summed E-state index contributed by atoms with van der Waals surface area (Å²) in [6, 6.07) is 13.0. The van der Waals surface area contributed by atoms with E-state index in [0.29, 0.717) is 40.7 Å². The van der Waals surface area contributed by atoms with Gasteiger partial charge in [-0.1, -0.05) is 36.0 Å². The molecule has 8 nitrogen and oxygen atoms in total. The Hall–Kier alpha value is -3.53. The van der Waals surface area contributed by atoms with Gasteiger partial charge in [0.2, 0.25) is 0 Å². The van der Waals surface area contributed by atoms with Crippen molar-refractivity contribution in [3.05, 3.63) is 81.9 Å². The number of amides is 1. The normalized spacial score (nSPS) is 12.1. The first-order valence-electron chi connectivity index (χ1n) is 10.0. The molecule has 0 bridgehead atoms. The van der Waals surface area contributed by atoms with Gasteiger partial charge in [-0.25, -0.2) is 9.37 Å². The van der Waals surface area contributed by atoms with Crippen LogP contribution in [0, 0.1) is 5.82 Å². The summed E-state index contributed by atoms with van der Waals surface area (Å²) in [6.07, 6.45) is 0.434. The molecule has 0 aliphatic rings. The van der Waals surface area contributed by atoms with Crippen molar-refractivity contribution in [2.45, 2.75) is 23.8 Å². The van der Waals surface area contributed by atoms with Crippen LogP contribution in [0.2, 0.25) is 0 Å². The predicted octanol–water partition coefficient (Wildman–Crippen LogP) is 3.02. The lowest BCUT2D eigenvalue weighted by atomic mass is 10.2. The number of rotatable bonds is 7. The number of aromatic nitrogens is 5. The summed E-state index contributed by atoms with van der Waals surface area (Å²) in [4.78, 5) is 31.9. The molecule has 0 unspecified atom stereocenters. The first kappa shape index (κ1) is 21.7. The molecule has 0 radical (unpaired) electrons. The highest BCUT2D eigenvalue weighted by molar-refractivity contribution is 7.99. The van der Waals surface area contributed by atoms with E-state index in [9.17, 15) is 14.0 Å². The average molecular weight is 453 g/mol. The van der Waals surface area contributed by atoms with E-state index in [2.05, 4.69) is 25.5 Å². The molecule has 0 saturated carbocycles. The first-order chi connectivity index (χ1) is 15.4. The highest BCUT2D eigenvalue weighted by atomic mass is 32.2. The number of hydrogen-bond acceptors (Lipinski definition) is 6. The summed E-state index contributed by atoms with van der Waals surface area (Å²) < 4.78 is 15.5. The molecular formula is C22H21FN6O2S. The highest BCUT2D eigenvalue weighted by Gasteiger charge is 2.17. The van der Waals surface area contributed by atoms with Crippen LogP contribution in [-0.4, -0.2) is 37.2 Å². The van der Waals surface area contributed by atoms with Crippen LogP contribution in [0.25, 0.3) is 10.9 Å². The largest absolute Gasteiger partial charge is 0.351 e. The molecule has 4 rings (SSSR count). The summed E-state index contributed by atoms with van der Waals surface area (Å²) in [6.45, 7) is 2.22. The zero-order valence-electron chi connectivity index (χ0n) is 17.5. The monoisotopic (exact) mass is 452 g/mol. The van der Waals surface area contributed by atoms with Crippen molar-refractivity contribution in [1.29, 1.82) is 0 Å². The third-order valence-corrected chi connectivity index (χ3v) is 6.12. The van der Waals surface area contributed by atoms with Gasteiger partial charge in [0, 0.05) is 20.0 Å². The fourth-order valence-corrected chi connectivity index (χ4v) is 4.10. The molecule has 0 spiro atoms. The summed E-state index contributed by atoms with van der Waals surface area (Å²) in [5.74, 6) is 0.199. The number of fused-ring (bicyclic) bond motifs is 1. The van der Waals surface area contributed by atoms with Gasteiger partial charge < -0.3 is 14.9 Å². The zero-order chi connectivity index (χ0) is 22.7. The number of H-pyrrole nitrogens is 1. The molecule has 2 heterocycles. The Bertz CT molecular complexity index is 1340. The van der Waals surface area contributed by atoms with E-state index >= 15 is 0 Å². The topological polar surface area (TPSA) is 106 Å². The van der Waals surface area contributed by atoms with Crippen LogP contribution in [0.1, 0.15) is 34.2 Å². The Morgan fingerprint density at radius 3 is 2.75 bits per heavy atom. The van der Waals surface area contributed by atoms with E-state index in [0.717, 1.165) is 0 Å². The number of carbonyl (C=O) groups excluding carboxylic acids is 1. The number of hydrogen-bond donors (Lipinski definition) is 2. The number of benzene rings is 2. The quantitative estimate of drug-likeness (QED) is 0.418. The maximum absolute atomic E-state index is 13.7. The second-order valence-corrected chi connectivity index (χ2v) is 8.48. The zero-order valence-corrected chi connectivity index (χ0v) is 18.3. The second kappa shape index (κ2) is 9.31. The molecule has 0 aliphatic carbocycles. The molecule has 0 fully saturated rings. The molecule has 164 valence electrons. The van der Waals surface area contributed by atoms with Gasteiger partial charge in [0.25, 0.3) is 11.5 Å². The number of nitrogens with zero attached hydrogens (tertiary/aromatic N) is 4. The van der Waals surface area contributed by atoms with E-state index in [-0.39, 0.29) is 16.4 Å². The minimum atomic E-state index is -0.559. The van der Waals surface area contributed by atoms with Crippen molar-refractivity contribution >= 4 is 28.6 Å². The van der Waals surface area contributed by atoms with E-state index in [4.69, 9.17) is 0 Å². The summed E-state index contributed by atoms with van der Waals surface area (Å²) >= 11 is 1.42. The Kier molecular flexibility index (Phi) is 6.31. The van der Waals surface area contributed by atoms with Crippen molar-refractivity contribution < 1.29 is 9.18 Å². The number of carbonyl (C=O) groups is 1. The standard InChI is InChI=1S/C22H21FN6O2S/c1-13(19-25-17-10-6-4-8-15(17)21(31)26-19)32-22-28-27-18(29(22)2)11-12-24-20(30)14-7-3-5-9-16(14)23/h3-10,13H,11-12H2,1-2H3,(H,24,30)(H,25,26,31)/t13-/m0/s1. The molecule has 0 aliphatic heterocycles. The van der Waals surface area contributed by atoms with Gasteiger partial charge in [-0.15, -0.1) is 10.2 Å². The fraction of sp³-hybridized carbons (Fsp3) is 0.227. The van der Waals surface area contributed by atoms with Gasteiger partial charge in [-0.3, -0.25) is 9.59 Å². The Morgan fingerprint density at radius 2 is 1.94 bits per heavy atom. The van der Waals surface area contributed by atoms with E-state index in [1.165, 1.54) is 30.0 Å². The third kappa shape index (κ3) is 4.54. The van der Waals surface area contributed by atoms with Crippen LogP contribution in [0.15, 0.2) is 58.5 Å². The SMILES string of the molecule is C[C@H](Sc1nnc(CCNC(=O)c2ccccc2F)n1C)c1nc2ccccc2c(=O)[nH]1. The summed E-state index contributed by atoms with van der Waals surface area (Å²) in [5, 5.41) is 12.2. The van der Waals surface area contributed by atoms with Crippen molar-refractivity contribution in [2.24, 2.45) is 7.05 Å². The van der Waals surface area contributed by atoms with Crippen molar-refractivity contribution in [1.82, 2.24) is 30.0 Å². The van der Waals surface area contributed by atoms with Gasteiger partial charge >= 0.3 is 0 Å². The van der Waals surface area contributed by atoms with Crippen molar-refractivity contribution in [3.63, 3.8) is 0 Å². The van der Waals surface area contributed by atoms with Gasteiger partial charge in [0.05, 0.1) is 21.7 Å². The minimum Gasteiger partial charge on any atom is -0.351 e. The lowest BCUT2D eigenvalue weighted by Crippen LogP contribution is -2.27. The molecule has 2 aromatic heterocycles. The van der Waals surface area contributed by atoms with Crippen LogP contribution in [-0.2, 0) is 13.5 Å². The third-order valence-electron chi connectivity index (χ3n) is 4.98. The first-order valence-corrected chi connectivity index (χ1v) is 10.9. The maximum atomic E-state index is 13.7. The van der Waals surface area contributed by atoms with Crippen molar-refractivity contribution in [2.75, 3.05) is 6.54 Å². The Labute approximate surface area is 187 Å². The molecular weight excluding hydrogens is 431 g/mol. The molecule has 1 amide bonds. The molecule has 0 saturated heterocycles. The van der Waals surface area contributed by atoms with E-state index in [1.54, 1.807) is 18.2 Å². The van der Waals surface area contributed by atoms with Crippen LogP contribution >= 0.6 is 11.8 Å².